The Morgan fingerprint density at radius 1 is 1.23 bits per heavy atom. The van der Waals surface area contributed by atoms with Gasteiger partial charge in [-0.15, -0.1) is 0 Å². The molecule has 2 fully saturated rings. The van der Waals surface area contributed by atoms with E-state index in [1.54, 1.807) is 19.0 Å². The van der Waals surface area contributed by atoms with E-state index in [1.165, 1.54) is 0 Å². The van der Waals surface area contributed by atoms with Crippen LogP contribution in [-0.2, 0) is 9.53 Å². The molecule has 126 valence electrons. The lowest BCUT2D eigenvalue weighted by atomic mass is 9.97. The summed E-state index contributed by atoms with van der Waals surface area (Å²) in [5.74, 6) is 0.147. The zero-order valence-electron chi connectivity index (χ0n) is 14.3. The summed E-state index contributed by atoms with van der Waals surface area (Å²) in [6.07, 6.45) is 3.75. The molecule has 1 unspecified atom stereocenters. The topological polar surface area (TPSA) is 53.1 Å². The average molecular weight is 311 g/mol. The van der Waals surface area contributed by atoms with Gasteiger partial charge in [0.25, 0.3) is 0 Å². The van der Waals surface area contributed by atoms with Crippen LogP contribution in [-0.4, -0.2) is 78.6 Å². The normalized spacial score (nSPS) is 25.0. The molecule has 0 aliphatic carbocycles. The number of nitrogens with zero attached hydrogens (tertiary/aromatic N) is 3. The van der Waals surface area contributed by atoms with E-state index >= 15 is 0 Å². The van der Waals surface area contributed by atoms with Gasteiger partial charge < -0.3 is 19.4 Å². The van der Waals surface area contributed by atoms with Crippen molar-refractivity contribution in [2.24, 2.45) is 0 Å². The fourth-order valence-electron chi connectivity index (χ4n) is 3.34. The minimum Gasteiger partial charge on any atom is -0.378 e. The highest BCUT2D eigenvalue weighted by molar-refractivity contribution is 5.79. The summed E-state index contributed by atoms with van der Waals surface area (Å²) in [5, 5.41) is 0. The molecule has 2 aliphatic rings. The number of carbonyl (C=O) groups is 2. The van der Waals surface area contributed by atoms with E-state index in [0.717, 1.165) is 25.9 Å². The molecule has 0 aromatic rings. The second kappa shape index (κ2) is 6.86. The van der Waals surface area contributed by atoms with Crippen molar-refractivity contribution in [1.29, 1.82) is 0 Å². The van der Waals surface area contributed by atoms with Gasteiger partial charge in [0.1, 0.15) is 0 Å². The summed E-state index contributed by atoms with van der Waals surface area (Å²) in [5.41, 5.74) is -0.338. The van der Waals surface area contributed by atoms with E-state index in [9.17, 15) is 9.59 Å². The molecule has 0 aromatic heterocycles. The standard InChI is InChI=1S/C16H29N3O3/c1-16(2)12-18(15(21)17(3)4)8-9-19(16)14(20)11-13-7-5-6-10-22-13/h13H,5-12H2,1-4H3. The smallest absolute Gasteiger partial charge is 0.319 e. The van der Waals surface area contributed by atoms with Crippen LogP contribution in [0.1, 0.15) is 39.5 Å². The molecule has 0 aromatic carbocycles. The first-order valence-electron chi connectivity index (χ1n) is 8.19. The van der Waals surface area contributed by atoms with Gasteiger partial charge in [-0.3, -0.25) is 4.79 Å². The Bertz CT molecular complexity index is 417. The van der Waals surface area contributed by atoms with Crippen LogP contribution < -0.4 is 0 Å². The molecule has 0 saturated carbocycles. The molecule has 6 heteroatoms. The van der Waals surface area contributed by atoms with Crippen molar-refractivity contribution in [3.63, 3.8) is 0 Å². The first-order valence-corrected chi connectivity index (χ1v) is 8.19. The van der Waals surface area contributed by atoms with Crippen molar-refractivity contribution in [2.45, 2.75) is 51.2 Å². The molecule has 3 amide bonds. The third-order valence-corrected chi connectivity index (χ3v) is 4.53. The van der Waals surface area contributed by atoms with Gasteiger partial charge in [-0.1, -0.05) is 0 Å². The Labute approximate surface area is 133 Å². The number of urea groups is 1. The zero-order chi connectivity index (χ0) is 16.3. The van der Waals surface area contributed by atoms with Crippen molar-refractivity contribution in [3.05, 3.63) is 0 Å². The Kier molecular flexibility index (Phi) is 5.32. The minimum absolute atomic E-state index is 0.00999. The first-order chi connectivity index (χ1) is 10.3. The zero-order valence-corrected chi connectivity index (χ0v) is 14.3. The average Bonchev–Trinajstić information content (AvgIpc) is 2.46. The van der Waals surface area contributed by atoms with Crippen molar-refractivity contribution in [3.8, 4) is 0 Å². The maximum Gasteiger partial charge on any atom is 0.319 e. The summed E-state index contributed by atoms with van der Waals surface area (Å²) < 4.78 is 5.68. The van der Waals surface area contributed by atoms with Gasteiger partial charge in [0.05, 0.1) is 18.1 Å². The SMILES string of the molecule is CN(C)C(=O)N1CCN(C(=O)CC2CCCCO2)C(C)(C)C1. The van der Waals surface area contributed by atoms with E-state index < -0.39 is 0 Å². The Morgan fingerprint density at radius 2 is 1.95 bits per heavy atom. The van der Waals surface area contributed by atoms with Gasteiger partial charge in [-0.05, 0) is 33.1 Å². The van der Waals surface area contributed by atoms with Gasteiger partial charge in [0, 0.05) is 40.3 Å². The van der Waals surface area contributed by atoms with Crippen LogP contribution >= 0.6 is 0 Å². The minimum atomic E-state index is -0.338. The van der Waals surface area contributed by atoms with Crippen molar-refractivity contribution < 1.29 is 14.3 Å². The summed E-state index contributed by atoms with van der Waals surface area (Å²) in [7, 11) is 3.51. The lowest BCUT2D eigenvalue weighted by Gasteiger charge is -2.47. The Hall–Kier alpha value is -1.30. The maximum absolute atomic E-state index is 12.6. The van der Waals surface area contributed by atoms with E-state index in [0.29, 0.717) is 26.1 Å². The largest absolute Gasteiger partial charge is 0.378 e. The second-order valence-corrected chi connectivity index (χ2v) is 7.15. The molecule has 0 bridgehead atoms. The summed E-state index contributed by atoms with van der Waals surface area (Å²) in [6.45, 7) is 6.59. The number of rotatable bonds is 2. The van der Waals surface area contributed by atoms with Crippen LogP contribution in [0.5, 0.6) is 0 Å². The van der Waals surface area contributed by atoms with E-state index in [1.807, 2.05) is 23.6 Å². The van der Waals surface area contributed by atoms with Crippen LogP contribution in [0.4, 0.5) is 4.79 Å². The van der Waals surface area contributed by atoms with Crippen LogP contribution in [0.3, 0.4) is 0 Å². The number of carbonyl (C=O) groups excluding carboxylic acids is 2. The Balaban J connectivity index is 1.94. The summed E-state index contributed by atoms with van der Waals surface area (Å²) >= 11 is 0. The molecule has 22 heavy (non-hydrogen) atoms. The van der Waals surface area contributed by atoms with Crippen LogP contribution in [0, 0.1) is 0 Å². The molecule has 2 saturated heterocycles. The number of hydrogen-bond donors (Lipinski definition) is 0. The number of amides is 3. The molecule has 0 radical (unpaired) electrons. The quantitative estimate of drug-likeness (QED) is 0.777. The van der Waals surface area contributed by atoms with Crippen molar-refractivity contribution >= 4 is 11.9 Å². The predicted molar refractivity (Wildman–Crippen MR) is 84.7 cm³/mol. The fraction of sp³-hybridized carbons (Fsp3) is 0.875. The molecule has 1 atom stereocenters. The molecule has 0 spiro atoms. The van der Waals surface area contributed by atoms with Crippen LogP contribution in [0.2, 0.25) is 0 Å². The highest BCUT2D eigenvalue weighted by Crippen LogP contribution is 2.24. The molecular weight excluding hydrogens is 282 g/mol. The third kappa shape index (κ3) is 3.91. The first kappa shape index (κ1) is 17.1. The van der Waals surface area contributed by atoms with Crippen LogP contribution in [0.25, 0.3) is 0 Å². The van der Waals surface area contributed by atoms with Crippen molar-refractivity contribution in [1.82, 2.24) is 14.7 Å². The van der Waals surface area contributed by atoms with Crippen LogP contribution in [0.15, 0.2) is 0 Å². The highest BCUT2D eigenvalue weighted by atomic mass is 16.5. The second-order valence-electron chi connectivity index (χ2n) is 7.15. The maximum atomic E-state index is 12.6. The lowest BCUT2D eigenvalue weighted by molar-refractivity contribution is -0.143. The summed E-state index contributed by atoms with van der Waals surface area (Å²) in [4.78, 5) is 30.1. The molecule has 2 heterocycles. The number of piperazine rings is 1. The van der Waals surface area contributed by atoms with Gasteiger partial charge in [0.15, 0.2) is 0 Å². The Morgan fingerprint density at radius 3 is 2.50 bits per heavy atom. The van der Waals surface area contributed by atoms with Gasteiger partial charge in [-0.2, -0.15) is 0 Å². The van der Waals surface area contributed by atoms with E-state index in [4.69, 9.17) is 4.74 Å². The molecule has 2 aliphatic heterocycles. The molecule has 6 nitrogen and oxygen atoms in total. The summed E-state index contributed by atoms with van der Waals surface area (Å²) in [6, 6.07) is 0.00999. The van der Waals surface area contributed by atoms with E-state index in [2.05, 4.69) is 0 Å². The highest BCUT2D eigenvalue weighted by Gasteiger charge is 2.39. The molecule has 0 N–H and O–H groups in total. The third-order valence-electron chi connectivity index (χ3n) is 4.53. The molecular formula is C16H29N3O3. The van der Waals surface area contributed by atoms with Crippen molar-refractivity contribution in [2.75, 3.05) is 40.3 Å². The predicted octanol–water partition coefficient (Wildman–Crippen LogP) is 1.55. The van der Waals surface area contributed by atoms with E-state index in [-0.39, 0.29) is 23.6 Å². The number of ether oxygens (including phenoxy) is 1. The fourth-order valence-corrected chi connectivity index (χ4v) is 3.34. The van der Waals surface area contributed by atoms with Gasteiger partial charge in [-0.25, -0.2) is 4.79 Å². The monoisotopic (exact) mass is 311 g/mol. The lowest BCUT2D eigenvalue weighted by Crippen LogP contribution is -2.63. The van der Waals surface area contributed by atoms with Gasteiger partial charge in [0.2, 0.25) is 5.91 Å². The number of hydrogen-bond acceptors (Lipinski definition) is 3. The molecule has 2 rings (SSSR count). The van der Waals surface area contributed by atoms with Gasteiger partial charge >= 0.3 is 6.03 Å².